The molecule has 1 saturated heterocycles. The van der Waals surface area contributed by atoms with Crippen molar-refractivity contribution >= 4 is 5.97 Å². The molecule has 2 unspecified atom stereocenters. The summed E-state index contributed by atoms with van der Waals surface area (Å²) >= 11 is 0. The molecular formula is C20H32N2O3. The third-order valence-corrected chi connectivity index (χ3v) is 4.90. The van der Waals surface area contributed by atoms with Crippen LogP contribution < -0.4 is 0 Å². The number of likely N-dealkylation sites (N-methyl/N-ethyl adjacent to an activating group) is 1. The number of hydrogen-bond donors (Lipinski definition) is 1. The van der Waals surface area contributed by atoms with E-state index in [9.17, 15) is 4.79 Å². The molecule has 1 heterocycles. The zero-order chi connectivity index (χ0) is 18.6. The van der Waals surface area contributed by atoms with E-state index >= 15 is 0 Å². The first-order chi connectivity index (χ1) is 11.7. The number of carboxylic acid groups (broad SMARTS) is 1. The highest BCUT2D eigenvalue weighted by Crippen LogP contribution is 2.27. The van der Waals surface area contributed by atoms with Crippen LogP contribution in [-0.4, -0.2) is 66.8 Å². The topological polar surface area (TPSA) is 53.0 Å². The predicted molar refractivity (Wildman–Crippen MR) is 100 cm³/mol. The molecule has 1 fully saturated rings. The first-order valence-electron chi connectivity index (χ1n) is 9.03. The van der Waals surface area contributed by atoms with Gasteiger partial charge in [-0.25, -0.2) is 0 Å². The van der Waals surface area contributed by atoms with Crippen molar-refractivity contribution in [3.05, 3.63) is 35.4 Å². The Kier molecular flexibility index (Phi) is 6.60. The van der Waals surface area contributed by atoms with E-state index in [4.69, 9.17) is 9.84 Å². The molecule has 0 radical (unpaired) electrons. The van der Waals surface area contributed by atoms with Gasteiger partial charge in [-0.05, 0) is 30.5 Å². The SMILES string of the molecule is CC(c1ccc(C(C)(C)C)cc1)N1CCOC(CN(C)CC(=O)O)C1. The highest BCUT2D eigenvalue weighted by molar-refractivity contribution is 5.69. The smallest absolute Gasteiger partial charge is 0.317 e. The summed E-state index contributed by atoms with van der Waals surface area (Å²) in [5.74, 6) is -0.803. The largest absolute Gasteiger partial charge is 0.480 e. The lowest BCUT2D eigenvalue weighted by Crippen LogP contribution is -2.48. The predicted octanol–water partition coefficient (Wildman–Crippen LogP) is 2.76. The van der Waals surface area contributed by atoms with Crippen LogP contribution >= 0.6 is 0 Å². The van der Waals surface area contributed by atoms with Crippen LogP contribution in [0.5, 0.6) is 0 Å². The highest BCUT2D eigenvalue weighted by Gasteiger charge is 2.26. The molecule has 0 saturated carbocycles. The van der Waals surface area contributed by atoms with Gasteiger partial charge in [-0.15, -0.1) is 0 Å². The maximum Gasteiger partial charge on any atom is 0.317 e. The Morgan fingerprint density at radius 3 is 2.56 bits per heavy atom. The number of morpholine rings is 1. The van der Waals surface area contributed by atoms with Crippen molar-refractivity contribution < 1.29 is 14.6 Å². The lowest BCUT2D eigenvalue weighted by Gasteiger charge is -2.38. The van der Waals surface area contributed by atoms with Crippen LogP contribution in [0.2, 0.25) is 0 Å². The third kappa shape index (κ3) is 5.80. The summed E-state index contributed by atoms with van der Waals surface area (Å²) in [4.78, 5) is 15.0. The molecule has 0 aromatic heterocycles. The number of carboxylic acids is 1. The van der Waals surface area contributed by atoms with Crippen LogP contribution in [-0.2, 0) is 14.9 Å². The second kappa shape index (κ2) is 8.30. The maximum atomic E-state index is 10.8. The lowest BCUT2D eigenvalue weighted by atomic mass is 9.86. The Morgan fingerprint density at radius 2 is 2.00 bits per heavy atom. The molecule has 0 aliphatic carbocycles. The van der Waals surface area contributed by atoms with Crippen LogP contribution in [0.4, 0.5) is 0 Å². The van der Waals surface area contributed by atoms with E-state index in [0.717, 1.165) is 13.1 Å². The summed E-state index contributed by atoms with van der Waals surface area (Å²) in [7, 11) is 1.82. The van der Waals surface area contributed by atoms with E-state index in [2.05, 4.69) is 56.9 Å². The molecule has 1 aromatic rings. The zero-order valence-electron chi connectivity index (χ0n) is 16.2. The molecule has 1 aliphatic rings. The van der Waals surface area contributed by atoms with E-state index < -0.39 is 5.97 Å². The fourth-order valence-corrected chi connectivity index (χ4v) is 3.32. The molecule has 0 amide bonds. The Bertz CT molecular complexity index is 565. The number of carbonyl (C=O) groups is 1. The van der Waals surface area contributed by atoms with Crippen molar-refractivity contribution in [2.45, 2.75) is 45.3 Å². The first-order valence-corrected chi connectivity index (χ1v) is 9.03. The van der Waals surface area contributed by atoms with E-state index in [0.29, 0.717) is 19.2 Å². The van der Waals surface area contributed by atoms with Crippen LogP contribution in [0, 0.1) is 0 Å². The van der Waals surface area contributed by atoms with Crippen LogP contribution in [0.1, 0.15) is 44.9 Å². The lowest BCUT2D eigenvalue weighted by molar-refractivity contribution is -0.138. The second-order valence-electron chi connectivity index (χ2n) is 8.13. The van der Waals surface area contributed by atoms with Gasteiger partial charge in [0.2, 0.25) is 0 Å². The van der Waals surface area contributed by atoms with Gasteiger partial charge < -0.3 is 9.84 Å². The quantitative estimate of drug-likeness (QED) is 0.857. The van der Waals surface area contributed by atoms with Gasteiger partial charge in [-0.2, -0.15) is 0 Å². The molecule has 0 bridgehead atoms. The van der Waals surface area contributed by atoms with Crippen molar-refractivity contribution in [3.63, 3.8) is 0 Å². The number of aliphatic carboxylic acids is 1. The molecular weight excluding hydrogens is 316 g/mol. The van der Waals surface area contributed by atoms with Gasteiger partial charge in [0.25, 0.3) is 0 Å². The monoisotopic (exact) mass is 348 g/mol. The Morgan fingerprint density at radius 1 is 1.36 bits per heavy atom. The third-order valence-electron chi connectivity index (χ3n) is 4.90. The fourth-order valence-electron chi connectivity index (χ4n) is 3.32. The summed E-state index contributed by atoms with van der Waals surface area (Å²) in [5, 5.41) is 8.89. The number of rotatable bonds is 6. The second-order valence-corrected chi connectivity index (χ2v) is 8.13. The highest BCUT2D eigenvalue weighted by atomic mass is 16.5. The Labute approximate surface area is 151 Å². The number of hydrogen-bond acceptors (Lipinski definition) is 4. The fraction of sp³-hybridized carbons (Fsp3) is 0.650. The number of ether oxygens (including phenoxy) is 1. The number of nitrogens with zero attached hydrogens (tertiary/aromatic N) is 2. The van der Waals surface area contributed by atoms with Gasteiger partial charge in [-0.1, -0.05) is 45.0 Å². The van der Waals surface area contributed by atoms with E-state index in [1.165, 1.54) is 11.1 Å². The van der Waals surface area contributed by atoms with Gasteiger partial charge in [0, 0.05) is 25.7 Å². The van der Waals surface area contributed by atoms with Crippen molar-refractivity contribution in [2.24, 2.45) is 0 Å². The molecule has 1 aliphatic heterocycles. The summed E-state index contributed by atoms with van der Waals surface area (Å²) < 4.78 is 5.83. The van der Waals surface area contributed by atoms with Gasteiger partial charge in [0.05, 0.1) is 19.3 Å². The van der Waals surface area contributed by atoms with Crippen LogP contribution in [0.25, 0.3) is 0 Å². The first kappa shape index (κ1) is 19.9. The van der Waals surface area contributed by atoms with E-state index in [1.54, 1.807) is 4.90 Å². The molecule has 5 heteroatoms. The molecule has 1 aromatic carbocycles. The van der Waals surface area contributed by atoms with Crippen LogP contribution in [0.15, 0.2) is 24.3 Å². The summed E-state index contributed by atoms with van der Waals surface area (Å²) in [6.07, 6.45) is 0.0504. The summed E-state index contributed by atoms with van der Waals surface area (Å²) in [5.41, 5.74) is 2.83. The Hall–Kier alpha value is -1.43. The minimum Gasteiger partial charge on any atom is -0.480 e. The van der Waals surface area contributed by atoms with Gasteiger partial charge in [-0.3, -0.25) is 14.6 Å². The summed E-state index contributed by atoms with van der Waals surface area (Å²) in [6.45, 7) is 12.0. The average Bonchev–Trinajstić information content (AvgIpc) is 2.53. The molecule has 5 nitrogen and oxygen atoms in total. The van der Waals surface area contributed by atoms with Gasteiger partial charge in [0.15, 0.2) is 0 Å². The maximum absolute atomic E-state index is 10.8. The van der Waals surface area contributed by atoms with Crippen molar-refractivity contribution in [1.29, 1.82) is 0 Å². The van der Waals surface area contributed by atoms with Crippen molar-refractivity contribution in [3.8, 4) is 0 Å². The van der Waals surface area contributed by atoms with Gasteiger partial charge >= 0.3 is 5.97 Å². The minimum atomic E-state index is -0.803. The number of benzene rings is 1. The molecule has 25 heavy (non-hydrogen) atoms. The molecule has 0 spiro atoms. The average molecular weight is 348 g/mol. The van der Waals surface area contributed by atoms with Crippen LogP contribution in [0.3, 0.4) is 0 Å². The normalized spacial score (nSPS) is 20.6. The summed E-state index contributed by atoms with van der Waals surface area (Å²) in [6, 6.07) is 9.23. The minimum absolute atomic E-state index is 0.0453. The van der Waals surface area contributed by atoms with E-state index in [-0.39, 0.29) is 18.1 Å². The molecule has 2 atom stereocenters. The Balaban J connectivity index is 1.97. The van der Waals surface area contributed by atoms with Crippen molar-refractivity contribution in [2.75, 3.05) is 39.8 Å². The van der Waals surface area contributed by atoms with Crippen molar-refractivity contribution in [1.82, 2.24) is 9.80 Å². The van der Waals surface area contributed by atoms with E-state index in [1.807, 2.05) is 7.05 Å². The standard InChI is InChI=1S/C20H32N2O3/c1-15(16-6-8-17(9-7-16)20(2,3)4)22-10-11-25-18(13-22)12-21(5)14-19(23)24/h6-9,15,18H,10-14H2,1-5H3,(H,23,24). The van der Waals surface area contributed by atoms with Gasteiger partial charge in [0.1, 0.15) is 0 Å². The molecule has 140 valence electrons. The molecule has 2 rings (SSSR count). The molecule has 1 N–H and O–H groups in total. The zero-order valence-corrected chi connectivity index (χ0v) is 16.2.